The van der Waals surface area contributed by atoms with Crippen LogP contribution < -0.4 is 4.90 Å². The lowest BCUT2D eigenvalue weighted by Crippen LogP contribution is -2.50. The van der Waals surface area contributed by atoms with E-state index >= 15 is 0 Å². The Hall–Kier alpha value is -3.25. The minimum atomic E-state index is -0.468. The van der Waals surface area contributed by atoms with Crippen LogP contribution in [-0.2, 0) is 11.3 Å². The van der Waals surface area contributed by atoms with Gasteiger partial charge in [0.15, 0.2) is 0 Å². The van der Waals surface area contributed by atoms with Gasteiger partial charge in [-0.1, -0.05) is 35.9 Å². The average Bonchev–Trinajstić information content (AvgIpc) is 3.30. The predicted octanol–water partition coefficient (Wildman–Crippen LogP) is 5.81. The van der Waals surface area contributed by atoms with E-state index in [-0.39, 0.29) is 6.09 Å². The molecule has 1 aliphatic rings. The number of aromatic nitrogens is 2. The van der Waals surface area contributed by atoms with Crippen LogP contribution in [0, 0.1) is 0 Å². The van der Waals surface area contributed by atoms with Crippen LogP contribution in [0.5, 0.6) is 0 Å². The summed E-state index contributed by atoms with van der Waals surface area (Å²) < 4.78 is 7.51. The molecule has 2 aromatic carbocycles. The molecule has 2 heterocycles. The third-order valence-corrected chi connectivity index (χ3v) is 5.78. The van der Waals surface area contributed by atoms with Gasteiger partial charge in [-0.25, -0.2) is 9.78 Å². The van der Waals surface area contributed by atoms with E-state index in [9.17, 15) is 4.79 Å². The Bertz CT molecular complexity index is 1130. The van der Waals surface area contributed by atoms with Crippen molar-refractivity contribution in [1.29, 1.82) is 0 Å². The molecule has 1 saturated heterocycles. The lowest BCUT2D eigenvalue weighted by atomic mass is 10.1. The highest BCUT2D eigenvalue weighted by Gasteiger charge is 2.25. The fourth-order valence-electron chi connectivity index (χ4n) is 3.92. The third kappa shape index (κ3) is 6.64. The molecule has 0 atom stereocenters. The molecule has 1 amide bonds. The summed E-state index contributed by atoms with van der Waals surface area (Å²) in [6.45, 7) is 9.31. The molecule has 0 spiro atoms. The lowest BCUT2D eigenvalue weighted by Gasteiger charge is -2.36. The van der Waals surface area contributed by atoms with Gasteiger partial charge in [-0.3, -0.25) is 0 Å². The van der Waals surface area contributed by atoms with Crippen LogP contribution in [0.3, 0.4) is 0 Å². The van der Waals surface area contributed by atoms with Crippen molar-refractivity contribution in [3.63, 3.8) is 0 Å². The molecule has 34 heavy (non-hydrogen) atoms. The number of rotatable bonds is 5. The first-order chi connectivity index (χ1) is 16.2. The minimum Gasteiger partial charge on any atom is -0.444 e. The number of nitrogens with zero attached hydrogens (tertiary/aromatic N) is 4. The lowest BCUT2D eigenvalue weighted by molar-refractivity contribution is 0.0240. The third-order valence-electron chi connectivity index (χ3n) is 5.56. The fourth-order valence-corrected chi connectivity index (χ4v) is 4.18. The molecule has 0 radical (unpaired) electrons. The van der Waals surface area contributed by atoms with Gasteiger partial charge in [0, 0.05) is 55.8 Å². The summed E-state index contributed by atoms with van der Waals surface area (Å²) in [4.78, 5) is 20.5. The Morgan fingerprint density at radius 2 is 1.74 bits per heavy atom. The number of ether oxygens (including phenoxy) is 1. The molecule has 0 saturated carbocycles. The van der Waals surface area contributed by atoms with Gasteiger partial charge >= 0.3 is 6.09 Å². The number of carbonyl (C=O) groups is 1. The molecular formula is C27H31ClN4O2. The van der Waals surface area contributed by atoms with E-state index in [2.05, 4.69) is 52.4 Å². The fraction of sp³-hybridized carbons (Fsp3) is 0.333. The number of hydrogen-bond acceptors (Lipinski definition) is 4. The Morgan fingerprint density at radius 3 is 2.38 bits per heavy atom. The van der Waals surface area contributed by atoms with Gasteiger partial charge in [0.05, 0.1) is 6.33 Å². The van der Waals surface area contributed by atoms with Crippen LogP contribution in [-0.4, -0.2) is 52.3 Å². The molecule has 7 heteroatoms. The van der Waals surface area contributed by atoms with Gasteiger partial charge in [0.2, 0.25) is 0 Å². The number of carbonyl (C=O) groups excluding carboxylic acids is 1. The number of benzene rings is 2. The van der Waals surface area contributed by atoms with E-state index in [1.165, 1.54) is 0 Å². The molecule has 1 aromatic heterocycles. The molecule has 3 aromatic rings. The molecule has 6 nitrogen and oxygen atoms in total. The van der Waals surface area contributed by atoms with Crippen LogP contribution >= 0.6 is 11.6 Å². The first-order valence-electron chi connectivity index (χ1n) is 11.5. The summed E-state index contributed by atoms with van der Waals surface area (Å²) in [7, 11) is 0. The van der Waals surface area contributed by atoms with E-state index in [4.69, 9.17) is 16.3 Å². The van der Waals surface area contributed by atoms with Gasteiger partial charge in [0.1, 0.15) is 5.60 Å². The van der Waals surface area contributed by atoms with Crippen molar-refractivity contribution in [3.05, 3.63) is 82.9 Å². The van der Waals surface area contributed by atoms with Crippen molar-refractivity contribution in [2.75, 3.05) is 31.1 Å². The quantitative estimate of drug-likeness (QED) is 0.434. The highest BCUT2D eigenvalue weighted by atomic mass is 35.5. The van der Waals surface area contributed by atoms with Crippen molar-refractivity contribution in [2.45, 2.75) is 32.9 Å². The maximum atomic E-state index is 12.3. The number of amides is 1. The largest absolute Gasteiger partial charge is 0.444 e. The number of halogens is 1. The first-order valence-corrected chi connectivity index (χ1v) is 11.9. The summed E-state index contributed by atoms with van der Waals surface area (Å²) in [5, 5.41) is 0.720. The monoisotopic (exact) mass is 478 g/mol. The second-order valence-corrected chi connectivity index (χ2v) is 9.94. The summed E-state index contributed by atoms with van der Waals surface area (Å²) >= 11 is 6.34. The normalized spacial score (nSPS) is 14.6. The molecule has 0 bridgehead atoms. The zero-order valence-corrected chi connectivity index (χ0v) is 20.7. The zero-order chi connectivity index (χ0) is 24.1. The summed E-state index contributed by atoms with van der Waals surface area (Å²) in [5.41, 5.74) is 4.00. The van der Waals surface area contributed by atoms with Gasteiger partial charge in [0.25, 0.3) is 0 Å². The van der Waals surface area contributed by atoms with Crippen molar-refractivity contribution in [3.8, 4) is 0 Å². The molecule has 1 aliphatic heterocycles. The average molecular weight is 479 g/mol. The standard InChI is InChI=1S/C27H31ClN4O2/c1-27(2,3)34-26(33)32-14-12-31(13-15-32)25-8-6-21(7-9-25)4-5-22-16-23(18-24(28)17-22)19-30-11-10-29-20-30/h4-11,16-18,20H,12-15,19H2,1-3H3. The van der Waals surface area contributed by atoms with Crippen molar-refractivity contribution < 1.29 is 9.53 Å². The van der Waals surface area contributed by atoms with Crippen molar-refractivity contribution in [2.24, 2.45) is 0 Å². The summed E-state index contributed by atoms with van der Waals surface area (Å²) in [6.07, 6.45) is 9.46. The van der Waals surface area contributed by atoms with Crippen molar-refractivity contribution in [1.82, 2.24) is 14.5 Å². The van der Waals surface area contributed by atoms with Gasteiger partial charge in [-0.15, -0.1) is 0 Å². The van der Waals surface area contributed by atoms with E-state index in [1.54, 1.807) is 17.4 Å². The molecular weight excluding hydrogens is 448 g/mol. The SMILES string of the molecule is CC(C)(C)OC(=O)N1CCN(c2ccc(C=Cc3cc(Cl)cc(Cn4ccnc4)c3)cc2)CC1. The maximum Gasteiger partial charge on any atom is 0.410 e. The van der Waals surface area contributed by atoms with E-state index in [0.29, 0.717) is 13.1 Å². The zero-order valence-electron chi connectivity index (χ0n) is 19.9. The first kappa shape index (κ1) is 23.9. The van der Waals surface area contributed by atoms with E-state index < -0.39 is 5.60 Å². The number of anilines is 1. The molecule has 0 unspecified atom stereocenters. The Balaban J connectivity index is 1.35. The molecule has 1 fully saturated rings. The Morgan fingerprint density at radius 1 is 1.03 bits per heavy atom. The van der Waals surface area contributed by atoms with Crippen LogP contribution in [0.25, 0.3) is 12.2 Å². The summed E-state index contributed by atoms with van der Waals surface area (Å²) in [6, 6.07) is 14.6. The molecule has 0 N–H and O–H groups in total. The Kier molecular flexibility index (Phi) is 7.27. The molecule has 178 valence electrons. The summed E-state index contributed by atoms with van der Waals surface area (Å²) in [5.74, 6) is 0. The van der Waals surface area contributed by atoms with Crippen LogP contribution in [0.15, 0.2) is 61.2 Å². The second kappa shape index (κ2) is 10.3. The molecule has 0 aliphatic carbocycles. The van der Waals surface area contributed by atoms with Gasteiger partial charge in [-0.2, -0.15) is 0 Å². The predicted molar refractivity (Wildman–Crippen MR) is 138 cm³/mol. The number of imidazole rings is 1. The second-order valence-electron chi connectivity index (χ2n) is 9.51. The highest BCUT2D eigenvalue weighted by molar-refractivity contribution is 6.30. The number of piperazine rings is 1. The van der Waals surface area contributed by atoms with Gasteiger partial charge in [-0.05, 0) is 67.8 Å². The van der Waals surface area contributed by atoms with Crippen LogP contribution in [0.2, 0.25) is 5.02 Å². The van der Waals surface area contributed by atoms with Crippen LogP contribution in [0.1, 0.15) is 37.5 Å². The smallest absolute Gasteiger partial charge is 0.410 e. The topological polar surface area (TPSA) is 50.6 Å². The van der Waals surface area contributed by atoms with Crippen LogP contribution in [0.4, 0.5) is 10.5 Å². The minimum absolute atomic E-state index is 0.234. The number of hydrogen-bond donors (Lipinski definition) is 0. The molecule has 4 rings (SSSR count). The highest BCUT2D eigenvalue weighted by Crippen LogP contribution is 2.21. The van der Waals surface area contributed by atoms with Gasteiger partial charge < -0.3 is 19.1 Å². The van der Waals surface area contributed by atoms with E-state index in [1.807, 2.05) is 43.7 Å². The van der Waals surface area contributed by atoms with Crippen molar-refractivity contribution >= 4 is 35.5 Å². The maximum absolute atomic E-state index is 12.3. The van der Waals surface area contributed by atoms with E-state index in [0.717, 1.165) is 47.0 Å². The Labute approximate surface area is 206 Å².